The minimum absolute atomic E-state index is 0.0161. The second-order valence-corrected chi connectivity index (χ2v) is 5.87. The summed E-state index contributed by atoms with van der Waals surface area (Å²) in [5, 5.41) is 19.4. The molecule has 1 aliphatic rings. The van der Waals surface area contributed by atoms with Crippen LogP contribution in [0.25, 0.3) is 0 Å². The fourth-order valence-electron chi connectivity index (χ4n) is 2.88. The van der Waals surface area contributed by atoms with E-state index < -0.39 is 6.10 Å². The molecule has 2 N–H and O–H groups in total. The van der Waals surface area contributed by atoms with Crippen LogP contribution in [0.15, 0.2) is 24.3 Å². The van der Waals surface area contributed by atoms with Crippen molar-refractivity contribution in [2.75, 3.05) is 26.2 Å². The molecule has 1 heterocycles. The highest BCUT2D eigenvalue weighted by atomic mass is 19.1. The van der Waals surface area contributed by atoms with Gasteiger partial charge in [-0.05, 0) is 43.8 Å². The first-order valence-corrected chi connectivity index (χ1v) is 7.37. The van der Waals surface area contributed by atoms with Crippen molar-refractivity contribution in [3.8, 4) is 0 Å². The highest BCUT2D eigenvalue weighted by molar-refractivity contribution is 5.20. The summed E-state index contributed by atoms with van der Waals surface area (Å²) in [5.41, 5.74) is 0.380. The number of piperidine rings is 1. The second-order valence-electron chi connectivity index (χ2n) is 5.87. The van der Waals surface area contributed by atoms with Crippen molar-refractivity contribution in [2.24, 2.45) is 11.8 Å². The van der Waals surface area contributed by atoms with Crippen LogP contribution < -0.4 is 0 Å². The molecule has 0 radical (unpaired) electrons. The quantitative estimate of drug-likeness (QED) is 0.869. The third kappa shape index (κ3) is 3.78. The molecule has 20 heavy (non-hydrogen) atoms. The van der Waals surface area contributed by atoms with Crippen molar-refractivity contribution in [3.63, 3.8) is 0 Å². The summed E-state index contributed by atoms with van der Waals surface area (Å²) in [6.45, 7) is 4.86. The Kier molecular flexibility index (Phi) is 5.52. The van der Waals surface area contributed by atoms with E-state index in [1.54, 1.807) is 18.2 Å². The molecular formula is C16H24FNO2. The van der Waals surface area contributed by atoms with Crippen molar-refractivity contribution in [1.29, 1.82) is 0 Å². The van der Waals surface area contributed by atoms with Crippen molar-refractivity contribution >= 4 is 0 Å². The normalized spacial score (nSPS) is 20.8. The highest BCUT2D eigenvalue weighted by Gasteiger charge is 2.24. The molecule has 2 unspecified atom stereocenters. The van der Waals surface area contributed by atoms with Gasteiger partial charge in [0.2, 0.25) is 0 Å². The average Bonchev–Trinajstić information content (AvgIpc) is 2.48. The zero-order valence-corrected chi connectivity index (χ0v) is 12.0. The Morgan fingerprint density at radius 3 is 2.55 bits per heavy atom. The molecule has 0 aliphatic carbocycles. The van der Waals surface area contributed by atoms with Gasteiger partial charge in [0, 0.05) is 18.7 Å². The number of rotatable bonds is 5. The maximum atomic E-state index is 13.7. The number of aliphatic hydroxyl groups excluding tert-OH is 2. The standard InChI is InChI=1S/C16H24FNO2/c1-12(10-18-8-6-13(11-19)7-9-18)16(20)14-4-2-3-5-15(14)17/h2-5,12-13,16,19-20H,6-11H2,1H3. The topological polar surface area (TPSA) is 43.7 Å². The van der Waals surface area contributed by atoms with Gasteiger partial charge in [-0.15, -0.1) is 0 Å². The molecule has 0 amide bonds. The molecule has 0 bridgehead atoms. The largest absolute Gasteiger partial charge is 0.396 e. The zero-order chi connectivity index (χ0) is 14.5. The molecule has 1 aliphatic heterocycles. The van der Waals surface area contributed by atoms with Gasteiger partial charge in [-0.1, -0.05) is 25.1 Å². The van der Waals surface area contributed by atoms with Crippen LogP contribution in [-0.4, -0.2) is 41.4 Å². The van der Waals surface area contributed by atoms with Gasteiger partial charge in [0.15, 0.2) is 0 Å². The van der Waals surface area contributed by atoms with Crippen LogP contribution in [0.5, 0.6) is 0 Å². The third-order valence-electron chi connectivity index (χ3n) is 4.27. The van der Waals surface area contributed by atoms with Crippen LogP contribution in [0.3, 0.4) is 0 Å². The van der Waals surface area contributed by atoms with E-state index in [-0.39, 0.29) is 18.3 Å². The number of likely N-dealkylation sites (tertiary alicyclic amines) is 1. The number of aliphatic hydroxyl groups is 2. The Labute approximate surface area is 120 Å². The number of hydrogen-bond donors (Lipinski definition) is 2. The molecule has 1 aromatic rings. The minimum atomic E-state index is -0.772. The summed E-state index contributed by atoms with van der Waals surface area (Å²) >= 11 is 0. The number of hydrogen-bond acceptors (Lipinski definition) is 3. The number of halogens is 1. The van der Waals surface area contributed by atoms with E-state index in [1.807, 2.05) is 6.92 Å². The van der Waals surface area contributed by atoms with Crippen LogP contribution in [0, 0.1) is 17.7 Å². The molecule has 0 saturated carbocycles. The fourth-order valence-corrected chi connectivity index (χ4v) is 2.88. The SMILES string of the molecule is CC(CN1CCC(CO)CC1)C(O)c1ccccc1F. The fraction of sp³-hybridized carbons (Fsp3) is 0.625. The smallest absolute Gasteiger partial charge is 0.129 e. The van der Waals surface area contributed by atoms with Crippen LogP contribution in [0.1, 0.15) is 31.4 Å². The Morgan fingerprint density at radius 2 is 1.95 bits per heavy atom. The van der Waals surface area contributed by atoms with Gasteiger partial charge in [-0.3, -0.25) is 0 Å². The van der Waals surface area contributed by atoms with E-state index in [1.165, 1.54) is 6.07 Å². The summed E-state index contributed by atoms with van der Waals surface area (Å²) in [6, 6.07) is 6.42. The van der Waals surface area contributed by atoms with Crippen molar-refractivity contribution in [3.05, 3.63) is 35.6 Å². The molecule has 1 fully saturated rings. The van der Waals surface area contributed by atoms with E-state index in [0.29, 0.717) is 11.5 Å². The van der Waals surface area contributed by atoms with E-state index >= 15 is 0 Å². The lowest BCUT2D eigenvalue weighted by atomic mass is 9.93. The van der Waals surface area contributed by atoms with Crippen LogP contribution in [0.4, 0.5) is 4.39 Å². The molecule has 0 spiro atoms. The molecule has 1 saturated heterocycles. The van der Waals surface area contributed by atoms with Gasteiger partial charge in [0.25, 0.3) is 0 Å². The Bertz CT molecular complexity index is 419. The maximum absolute atomic E-state index is 13.7. The Hall–Kier alpha value is -0.970. The van der Waals surface area contributed by atoms with Gasteiger partial charge in [0.05, 0.1) is 6.10 Å². The van der Waals surface area contributed by atoms with Crippen molar-refractivity contribution in [2.45, 2.75) is 25.9 Å². The number of benzene rings is 1. The molecule has 4 heteroatoms. The van der Waals surface area contributed by atoms with Gasteiger partial charge in [-0.2, -0.15) is 0 Å². The van der Waals surface area contributed by atoms with E-state index in [4.69, 9.17) is 5.11 Å². The van der Waals surface area contributed by atoms with E-state index in [9.17, 15) is 9.50 Å². The van der Waals surface area contributed by atoms with Gasteiger partial charge < -0.3 is 15.1 Å². The summed E-state index contributed by atoms with van der Waals surface area (Å²) in [4.78, 5) is 2.29. The van der Waals surface area contributed by atoms with Gasteiger partial charge >= 0.3 is 0 Å². The zero-order valence-electron chi connectivity index (χ0n) is 12.0. The monoisotopic (exact) mass is 281 g/mol. The molecule has 2 rings (SSSR count). The lowest BCUT2D eigenvalue weighted by Crippen LogP contribution is -2.38. The van der Waals surface area contributed by atoms with Crippen LogP contribution >= 0.6 is 0 Å². The summed E-state index contributed by atoms with van der Waals surface area (Å²) in [5.74, 6) is 0.0569. The third-order valence-corrected chi connectivity index (χ3v) is 4.27. The first-order chi connectivity index (χ1) is 9.61. The van der Waals surface area contributed by atoms with E-state index in [0.717, 1.165) is 32.5 Å². The summed E-state index contributed by atoms with van der Waals surface area (Å²) in [6.07, 6.45) is 1.23. The predicted octanol–water partition coefficient (Wildman–Crippen LogP) is 2.20. The molecule has 112 valence electrons. The van der Waals surface area contributed by atoms with Crippen LogP contribution in [0.2, 0.25) is 0 Å². The second kappa shape index (κ2) is 7.16. The first-order valence-electron chi connectivity index (χ1n) is 7.37. The summed E-state index contributed by atoms with van der Waals surface area (Å²) in [7, 11) is 0. The lowest BCUT2D eigenvalue weighted by Gasteiger charge is -2.34. The molecule has 0 aromatic heterocycles. The Balaban J connectivity index is 1.89. The van der Waals surface area contributed by atoms with Crippen molar-refractivity contribution in [1.82, 2.24) is 4.90 Å². The van der Waals surface area contributed by atoms with Gasteiger partial charge in [-0.25, -0.2) is 4.39 Å². The minimum Gasteiger partial charge on any atom is -0.396 e. The highest BCUT2D eigenvalue weighted by Crippen LogP contribution is 2.26. The first kappa shape index (κ1) is 15.4. The lowest BCUT2D eigenvalue weighted by molar-refractivity contribution is 0.0654. The average molecular weight is 281 g/mol. The molecular weight excluding hydrogens is 257 g/mol. The number of nitrogens with zero attached hydrogens (tertiary/aromatic N) is 1. The van der Waals surface area contributed by atoms with Crippen molar-refractivity contribution < 1.29 is 14.6 Å². The summed E-state index contributed by atoms with van der Waals surface area (Å²) < 4.78 is 13.7. The predicted molar refractivity (Wildman–Crippen MR) is 76.8 cm³/mol. The maximum Gasteiger partial charge on any atom is 0.129 e. The molecule has 2 atom stereocenters. The Morgan fingerprint density at radius 1 is 1.30 bits per heavy atom. The molecule has 3 nitrogen and oxygen atoms in total. The van der Waals surface area contributed by atoms with E-state index in [2.05, 4.69) is 4.90 Å². The molecule has 1 aromatic carbocycles. The van der Waals surface area contributed by atoms with Crippen LogP contribution in [-0.2, 0) is 0 Å². The van der Waals surface area contributed by atoms with Gasteiger partial charge in [0.1, 0.15) is 5.82 Å².